The molecule has 0 unspecified atom stereocenters. The molecular weight excluding hydrogens is 310 g/mol. The average Bonchev–Trinajstić information content (AvgIpc) is 3.19. The fourth-order valence-electron chi connectivity index (χ4n) is 2.16. The smallest absolute Gasteiger partial charge is 0.263 e. The third-order valence-electron chi connectivity index (χ3n) is 3.42. The van der Waals surface area contributed by atoms with Crippen LogP contribution in [0.2, 0.25) is 5.02 Å². The molecule has 1 aliphatic rings. The van der Waals surface area contributed by atoms with Crippen LogP contribution in [0.3, 0.4) is 0 Å². The molecule has 1 fully saturated rings. The van der Waals surface area contributed by atoms with Gasteiger partial charge in [0.25, 0.3) is 5.91 Å². The van der Waals surface area contributed by atoms with Crippen LogP contribution in [0.1, 0.15) is 35.0 Å². The number of anilines is 1. The Morgan fingerprint density at radius 3 is 2.90 bits per heavy atom. The van der Waals surface area contributed by atoms with Crippen molar-refractivity contribution in [3.8, 4) is 5.88 Å². The van der Waals surface area contributed by atoms with E-state index >= 15 is 0 Å². The number of amides is 1. The highest BCUT2D eigenvalue weighted by Gasteiger charge is 2.27. The van der Waals surface area contributed by atoms with Crippen LogP contribution in [0.15, 0.2) is 0 Å². The van der Waals surface area contributed by atoms with E-state index in [-0.39, 0.29) is 5.91 Å². The van der Waals surface area contributed by atoms with Gasteiger partial charge < -0.3 is 15.8 Å². The van der Waals surface area contributed by atoms with Gasteiger partial charge in [-0.1, -0.05) is 11.6 Å². The maximum absolute atomic E-state index is 12.2. The molecule has 0 spiro atoms. The molecule has 0 atom stereocenters. The molecular formula is C14H16ClN3O2S. The van der Waals surface area contributed by atoms with E-state index in [0.717, 1.165) is 23.8 Å². The number of thiophene rings is 1. The number of nitrogen functional groups attached to an aromatic ring is 1. The predicted octanol–water partition coefficient (Wildman–Crippen LogP) is 3.13. The number of aryl methyl sites for hydroxylation is 1. The zero-order valence-corrected chi connectivity index (χ0v) is 13.4. The Bertz CT molecular complexity index is 725. The summed E-state index contributed by atoms with van der Waals surface area (Å²) in [6.07, 6.45) is 2.07. The predicted molar refractivity (Wildman–Crippen MR) is 85.4 cm³/mol. The number of hydrogen-bond acceptors (Lipinski definition) is 5. The van der Waals surface area contributed by atoms with Gasteiger partial charge in [-0.25, -0.2) is 4.98 Å². The molecule has 2 aromatic rings. The highest BCUT2D eigenvalue weighted by molar-refractivity contribution is 7.21. The Morgan fingerprint density at radius 1 is 1.57 bits per heavy atom. The van der Waals surface area contributed by atoms with Crippen LogP contribution < -0.4 is 15.8 Å². The monoisotopic (exact) mass is 325 g/mol. The topological polar surface area (TPSA) is 77.2 Å². The minimum atomic E-state index is -0.133. The molecule has 7 heteroatoms. The largest absolute Gasteiger partial charge is 0.477 e. The summed E-state index contributed by atoms with van der Waals surface area (Å²) in [4.78, 5) is 17.8. The molecule has 2 aromatic heterocycles. The third kappa shape index (κ3) is 2.53. The Labute approximate surface area is 131 Å². The van der Waals surface area contributed by atoms with E-state index in [2.05, 4.69) is 10.3 Å². The molecule has 3 N–H and O–H groups in total. The molecule has 21 heavy (non-hydrogen) atoms. The minimum absolute atomic E-state index is 0.133. The first-order chi connectivity index (χ1) is 10.0. The lowest BCUT2D eigenvalue weighted by Crippen LogP contribution is -2.25. The van der Waals surface area contributed by atoms with Crippen molar-refractivity contribution in [1.29, 1.82) is 0 Å². The van der Waals surface area contributed by atoms with Gasteiger partial charge >= 0.3 is 0 Å². The van der Waals surface area contributed by atoms with E-state index in [0.29, 0.717) is 38.9 Å². The van der Waals surface area contributed by atoms with Crippen LogP contribution in [-0.4, -0.2) is 23.5 Å². The van der Waals surface area contributed by atoms with Crippen LogP contribution in [0, 0.1) is 6.92 Å². The van der Waals surface area contributed by atoms with Crippen LogP contribution in [0.4, 0.5) is 5.69 Å². The molecule has 1 aliphatic carbocycles. The first-order valence-electron chi connectivity index (χ1n) is 6.84. The van der Waals surface area contributed by atoms with Crippen molar-refractivity contribution >= 4 is 44.7 Å². The van der Waals surface area contributed by atoms with Crippen LogP contribution >= 0.6 is 22.9 Å². The lowest BCUT2D eigenvalue weighted by Gasteiger charge is -2.08. The quantitative estimate of drug-likeness (QED) is 0.905. The number of aromatic nitrogens is 1. The lowest BCUT2D eigenvalue weighted by atomic mass is 10.1. The minimum Gasteiger partial charge on any atom is -0.477 e. The van der Waals surface area contributed by atoms with E-state index < -0.39 is 0 Å². The van der Waals surface area contributed by atoms with Gasteiger partial charge in [0.1, 0.15) is 14.7 Å². The van der Waals surface area contributed by atoms with Crippen LogP contribution in [-0.2, 0) is 0 Å². The fraction of sp³-hybridized carbons (Fsp3) is 0.429. The van der Waals surface area contributed by atoms with Gasteiger partial charge in [0.2, 0.25) is 5.88 Å². The SMILES string of the molecule is CCOc1nc2sc(C(=O)NC3CC3)c(N)c2c(C)c1Cl. The molecule has 3 rings (SSSR count). The number of carbonyl (C=O) groups is 1. The maximum Gasteiger partial charge on any atom is 0.263 e. The van der Waals surface area contributed by atoms with Crippen molar-refractivity contribution in [1.82, 2.24) is 10.3 Å². The number of rotatable bonds is 4. The summed E-state index contributed by atoms with van der Waals surface area (Å²) < 4.78 is 5.43. The number of nitrogens with zero attached hydrogens (tertiary/aromatic N) is 1. The third-order valence-corrected chi connectivity index (χ3v) is 4.96. The van der Waals surface area contributed by atoms with Crippen molar-refractivity contribution in [2.24, 2.45) is 0 Å². The van der Waals surface area contributed by atoms with Gasteiger partial charge in [-0.05, 0) is 32.3 Å². The molecule has 1 amide bonds. The molecule has 0 radical (unpaired) electrons. The molecule has 5 nitrogen and oxygen atoms in total. The van der Waals surface area contributed by atoms with Crippen LogP contribution in [0.5, 0.6) is 5.88 Å². The molecule has 2 heterocycles. The highest BCUT2D eigenvalue weighted by Crippen LogP contribution is 2.40. The number of hydrogen-bond donors (Lipinski definition) is 2. The van der Waals surface area contributed by atoms with E-state index in [1.807, 2.05) is 13.8 Å². The van der Waals surface area contributed by atoms with E-state index in [9.17, 15) is 4.79 Å². The van der Waals surface area contributed by atoms with E-state index in [1.165, 1.54) is 11.3 Å². The van der Waals surface area contributed by atoms with Gasteiger partial charge in [0.15, 0.2) is 0 Å². The molecule has 0 aliphatic heterocycles. The standard InChI is InChI=1S/C14H16ClN3O2S/c1-3-20-13-9(15)6(2)8-10(16)11(21-14(8)18-13)12(19)17-7-4-5-7/h7H,3-5,16H2,1-2H3,(H,17,19). The molecule has 112 valence electrons. The summed E-state index contributed by atoms with van der Waals surface area (Å²) in [7, 11) is 0. The second-order valence-electron chi connectivity index (χ2n) is 5.06. The summed E-state index contributed by atoms with van der Waals surface area (Å²) >= 11 is 7.54. The first kappa shape index (κ1) is 14.4. The molecule has 0 bridgehead atoms. The van der Waals surface area contributed by atoms with Gasteiger partial charge in [-0.15, -0.1) is 11.3 Å². The van der Waals surface area contributed by atoms with Crippen molar-refractivity contribution in [3.05, 3.63) is 15.5 Å². The number of carbonyl (C=O) groups excluding carboxylic acids is 1. The summed E-state index contributed by atoms with van der Waals surface area (Å²) in [5.41, 5.74) is 7.38. The summed E-state index contributed by atoms with van der Waals surface area (Å²) in [5, 5.41) is 4.14. The number of ether oxygens (including phenoxy) is 1. The first-order valence-corrected chi connectivity index (χ1v) is 8.04. The summed E-state index contributed by atoms with van der Waals surface area (Å²) in [5.74, 6) is 0.256. The number of fused-ring (bicyclic) bond motifs is 1. The maximum atomic E-state index is 12.2. The average molecular weight is 326 g/mol. The van der Waals surface area contributed by atoms with Gasteiger partial charge in [-0.2, -0.15) is 0 Å². The summed E-state index contributed by atoms with van der Waals surface area (Å²) in [6, 6.07) is 0.291. The van der Waals surface area contributed by atoms with Gasteiger partial charge in [0, 0.05) is 11.4 Å². The zero-order valence-electron chi connectivity index (χ0n) is 11.8. The second kappa shape index (κ2) is 5.35. The summed E-state index contributed by atoms with van der Waals surface area (Å²) in [6.45, 7) is 4.21. The Balaban J connectivity index is 2.09. The second-order valence-corrected chi connectivity index (χ2v) is 6.44. The van der Waals surface area contributed by atoms with E-state index in [1.54, 1.807) is 0 Å². The van der Waals surface area contributed by atoms with E-state index in [4.69, 9.17) is 22.1 Å². The fourth-order valence-corrected chi connectivity index (χ4v) is 3.41. The Morgan fingerprint density at radius 2 is 2.29 bits per heavy atom. The number of nitrogens with one attached hydrogen (secondary N) is 1. The van der Waals surface area contributed by atoms with Crippen molar-refractivity contribution in [2.45, 2.75) is 32.7 Å². The Hall–Kier alpha value is -1.53. The number of pyridine rings is 1. The lowest BCUT2D eigenvalue weighted by molar-refractivity contribution is 0.0956. The van der Waals surface area contributed by atoms with Crippen LogP contribution in [0.25, 0.3) is 10.2 Å². The number of halogens is 1. The normalized spacial score (nSPS) is 14.4. The molecule has 1 saturated carbocycles. The van der Waals surface area contributed by atoms with Gasteiger partial charge in [-0.3, -0.25) is 4.79 Å². The number of nitrogens with two attached hydrogens (primary N) is 1. The molecule has 0 aromatic carbocycles. The highest BCUT2D eigenvalue weighted by atomic mass is 35.5. The van der Waals surface area contributed by atoms with Gasteiger partial charge in [0.05, 0.1) is 12.3 Å². The molecule has 0 saturated heterocycles. The van der Waals surface area contributed by atoms with Crippen molar-refractivity contribution in [2.75, 3.05) is 12.3 Å². The van der Waals surface area contributed by atoms with Crippen molar-refractivity contribution in [3.63, 3.8) is 0 Å². The zero-order chi connectivity index (χ0) is 15.1. The van der Waals surface area contributed by atoms with Crippen molar-refractivity contribution < 1.29 is 9.53 Å². The Kier molecular flexibility index (Phi) is 3.67.